The lowest BCUT2D eigenvalue weighted by molar-refractivity contribution is -0.124. The lowest BCUT2D eigenvalue weighted by Crippen LogP contribution is -2.29. The summed E-state index contributed by atoms with van der Waals surface area (Å²) in [6.45, 7) is -0.0318. The van der Waals surface area contributed by atoms with E-state index in [1.54, 1.807) is 12.1 Å². The lowest BCUT2D eigenvalue weighted by Gasteiger charge is -2.05. The quantitative estimate of drug-likeness (QED) is 0.617. The molecule has 0 aliphatic heterocycles. The fourth-order valence-electron chi connectivity index (χ4n) is 2.06. The molecule has 1 aromatic carbocycles. The van der Waals surface area contributed by atoms with Gasteiger partial charge in [0.1, 0.15) is 5.58 Å². The van der Waals surface area contributed by atoms with Gasteiger partial charge in [-0.1, -0.05) is 18.2 Å². The summed E-state index contributed by atoms with van der Waals surface area (Å²) in [4.78, 5) is 23.6. The largest absolute Gasteiger partial charge is 0.450 e. The minimum Gasteiger partial charge on any atom is -0.450 e. The molecule has 0 spiro atoms. The number of rotatable bonds is 7. The summed E-state index contributed by atoms with van der Waals surface area (Å²) in [6, 6.07) is 9.07. The molecule has 23 heavy (non-hydrogen) atoms. The number of furan rings is 1. The molecule has 0 aliphatic rings. The van der Waals surface area contributed by atoms with E-state index in [9.17, 15) is 9.59 Å². The number of methoxy groups -OCH3 is 1. The first-order valence-electron chi connectivity index (χ1n) is 6.97. The molecule has 2 rings (SSSR count). The van der Waals surface area contributed by atoms with Gasteiger partial charge in [-0.3, -0.25) is 4.79 Å². The predicted octanol–water partition coefficient (Wildman–Crippen LogP) is 1.77. The molecule has 0 fully saturated rings. The molecule has 0 saturated carbocycles. The minimum atomic E-state index is -0.733. The van der Waals surface area contributed by atoms with Crippen LogP contribution in [0, 0.1) is 11.3 Å². The maximum Gasteiger partial charge on any atom is 0.375 e. The Labute approximate surface area is 132 Å². The highest BCUT2D eigenvalue weighted by molar-refractivity contribution is 5.96. The Hall–Kier alpha value is -2.85. The second kappa shape index (κ2) is 7.96. The van der Waals surface area contributed by atoms with Gasteiger partial charge in [-0.05, 0) is 6.07 Å². The van der Waals surface area contributed by atoms with Crippen molar-refractivity contribution in [1.82, 2.24) is 5.32 Å². The lowest BCUT2D eigenvalue weighted by atomic mass is 10.1. The van der Waals surface area contributed by atoms with Gasteiger partial charge in [-0.25, -0.2) is 4.79 Å². The third kappa shape index (κ3) is 4.08. The van der Waals surface area contributed by atoms with E-state index in [2.05, 4.69) is 5.32 Å². The molecule has 1 N–H and O–H groups in total. The Morgan fingerprint density at radius 3 is 2.87 bits per heavy atom. The normalized spacial score (nSPS) is 10.3. The molecule has 1 aromatic heterocycles. The Morgan fingerprint density at radius 1 is 1.35 bits per heavy atom. The van der Waals surface area contributed by atoms with Gasteiger partial charge in [0.25, 0.3) is 5.91 Å². The SMILES string of the molecule is COCc1c(C(=O)OCC(=O)NCCC#N)oc2ccccc12. The van der Waals surface area contributed by atoms with Gasteiger partial charge in [0.05, 0.1) is 19.1 Å². The number of ether oxygens (including phenoxy) is 2. The number of nitrogens with one attached hydrogen (secondary N) is 1. The van der Waals surface area contributed by atoms with Crippen LogP contribution in [0.15, 0.2) is 28.7 Å². The van der Waals surface area contributed by atoms with Crippen LogP contribution in [0.3, 0.4) is 0 Å². The Bertz CT molecular complexity index is 744. The van der Waals surface area contributed by atoms with E-state index in [0.29, 0.717) is 11.1 Å². The molecule has 0 aliphatic carbocycles. The zero-order valence-corrected chi connectivity index (χ0v) is 12.6. The van der Waals surface area contributed by atoms with E-state index >= 15 is 0 Å². The summed E-state index contributed by atoms with van der Waals surface area (Å²) < 4.78 is 15.6. The van der Waals surface area contributed by atoms with Crippen LogP contribution in [0.1, 0.15) is 22.5 Å². The molecule has 0 atom stereocenters. The van der Waals surface area contributed by atoms with Crippen molar-refractivity contribution in [2.75, 3.05) is 20.3 Å². The van der Waals surface area contributed by atoms with Crippen LogP contribution in [0.2, 0.25) is 0 Å². The number of hydrogen-bond acceptors (Lipinski definition) is 6. The number of fused-ring (bicyclic) bond motifs is 1. The fourth-order valence-corrected chi connectivity index (χ4v) is 2.06. The summed E-state index contributed by atoms with van der Waals surface area (Å²) in [7, 11) is 1.51. The van der Waals surface area contributed by atoms with Crippen molar-refractivity contribution in [3.8, 4) is 6.07 Å². The number of hydrogen-bond donors (Lipinski definition) is 1. The minimum absolute atomic E-state index is 0.0258. The summed E-state index contributed by atoms with van der Waals surface area (Å²) in [5.41, 5.74) is 1.13. The van der Waals surface area contributed by atoms with Crippen molar-refractivity contribution in [3.63, 3.8) is 0 Å². The van der Waals surface area contributed by atoms with E-state index in [0.717, 1.165) is 5.39 Å². The Balaban J connectivity index is 2.07. The van der Waals surface area contributed by atoms with Crippen LogP contribution in [0.25, 0.3) is 11.0 Å². The van der Waals surface area contributed by atoms with Crippen molar-refractivity contribution >= 4 is 22.8 Å². The van der Waals surface area contributed by atoms with Gasteiger partial charge in [-0.15, -0.1) is 0 Å². The predicted molar refractivity (Wildman–Crippen MR) is 80.4 cm³/mol. The zero-order valence-electron chi connectivity index (χ0n) is 12.6. The summed E-state index contributed by atoms with van der Waals surface area (Å²) in [5.74, 6) is -1.18. The van der Waals surface area contributed by atoms with E-state index in [1.165, 1.54) is 7.11 Å². The number of nitrogens with zero attached hydrogens (tertiary/aromatic N) is 1. The van der Waals surface area contributed by atoms with Crippen molar-refractivity contribution < 1.29 is 23.5 Å². The van der Waals surface area contributed by atoms with Gasteiger partial charge >= 0.3 is 5.97 Å². The van der Waals surface area contributed by atoms with E-state index in [-0.39, 0.29) is 25.3 Å². The second-order valence-electron chi connectivity index (χ2n) is 4.67. The number of esters is 1. The van der Waals surface area contributed by atoms with Gasteiger partial charge in [0.15, 0.2) is 6.61 Å². The van der Waals surface area contributed by atoms with Crippen LogP contribution in [0.5, 0.6) is 0 Å². The third-order valence-corrected chi connectivity index (χ3v) is 3.07. The van der Waals surface area contributed by atoms with E-state index < -0.39 is 18.5 Å². The summed E-state index contributed by atoms with van der Waals surface area (Å²) in [6.07, 6.45) is 0.196. The number of carbonyl (C=O) groups is 2. The molecular weight excluding hydrogens is 300 g/mol. The topological polar surface area (TPSA) is 102 Å². The average Bonchev–Trinajstić information content (AvgIpc) is 2.92. The molecule has 1 heterocycles. The first-order chi connectivity index (χ1) is 11.2. The molecule has 0 radical (unpaired) electrons. The molecule has 7 heteroatoms. The first kappa shape index (κ1) is 16.5. The maximum absolute atomic E-state index is 12.1. The molecule has 0 unspecified atom stereocenters. The molecule has 7 nitrogen and oxygen atoms in total. The van der Waals surface area contributed by atoms with Gasteiger partial charge in [0.2, 0.25) is 5.76 Å². The summed E-state index contributed by atoms with van der Waals surface area (Å²) in [5, 5.41) is 11.6. The van der Waals surface area contributed by atoms with Crippen LogP contribution in [-0.2, 0) is 20.9 Å². The average molecular weight is 316 g/mol. The first-order valence-corrected chi connectivity index (χ1v) is 6.97. The monoisotopic (exact) mass is 316 g/mol. The van der Waals surface area contributed by atoms with Crippen molar-refractivity contribution in [3.05, 3.63) is 35.6 Å². The van der Waals surface area contributed by atoms with Crippen molar-refractivity contribution in [1.29, 1.82) is 5.26 Å². The molecular formula is C16H16N2O5. The van der Waals surface area contributed by atoms with Crippen molar-refractivity contribution in [2.24, 2.45) is 0 Å². The second-order valence-corrected chi connectivity index (χ2v) is 4.67. The van der Waals surface area contributed by atoms with Crippen molar-refractivity contribution in [2.45, 2.75) is 13.0 Å². The van der Waals surface area contributed by atoms with Crippen LogP contribution in [-0.4, -0.2) is 32.1 Å². The van der Waals surface area contributed by atoms with Crippen LogP contribution in [0.4, 0.5) is 0 Å². The smallest absolute Gasteiger partial charge is 0.375 e. The maximum atomic E-state index is 12.1. The summed E-state index contributed by atoms with van der Waals surface area (Å²) >= 11 is 0. The van der Waals surface area contributed by atoms with Gasteiger partial charge in [-0.2, -0.15) is 5.26 Å². The van der Waals surface area contributed by atoms with Crippen LogP contribution >= 0.6 is 0 Å². The molecule has 1 amide bonds. The molecule has 0 saturated heterocycles. The highest BCUT2D eigenvalue weighted by Crippen LogP contribution is 2.27. The Morgan fingerprint density at radius 2 is 2.13 bits per heavy atom. The molecule has 2 aromatic rings. The number of carbonyl (C=O) groups excluding carboxylic acids is 2. The van der Waals surface area contributed by atoms with Gasteiger partial charge < -0.3 is 19.2 Å². The molecule has 0 bridgehead atoms. The van der Waals surface area contributed by atoms with E-state index in [1.807, 2.05) is 18.2 Å². The number of benzene rings is 1. The van der Waals surface area contributed by atoms with Crippen LogP contribution < -0.4 is 5.32 Å². The standard InChI is InChI=1S/C16H16N2O5/c1-21-9-12-11-5-2-3-6-13(11)23-15(12)16(20)22-10-14(19)18-8-4-7-17/h2-3,5-6H,4,8-10H2,1H3,(H,18,19). The molecule has 120 valence electrons. The Kier molecular flexibility index (Phi) is 5.72. The zero-order chi connectivity index (χ0) is 16.7. The van der Waals surface area contributed by atoms with Gasteiger partial charge in [0, 0.05) is 24.6 Å². The third-order valence-electron chi connectivity index (χ3n) is 3.07. The number of nitriles is 1. The highest BCUT2D eigenvalue weighted by atomic mass is 16.5. The van der Waals surface area contributed by atoms with E-state index in [4.69, 9.17) is 19.2 Å². The number of amides is 1. The number of para-hydroxylation sites is 1. The fraction of sp³-hybridized carbons (Fsp3) is 0.312. The highest BCUT2D eigenvalue weighted by Gasteiger charge is 2.22.